The van der Waals surface area contributed by atoms with Crippen molar-refractivity contribution in [2.75, 3.05) is 13.7 Å². The van der Waals surface area contributed by atoms with Gasteiger partial charge in [0.25, 0.3) is 5.91 Å². The van der Waals surface area contributed by atoms with Gasteiger partial charge in [-0.1, -0.05) is 36.4 Å². The van der Waals surface area contributed by atoms with Gasteiger partial charge in [0.05, 0.1) is 17.7 Å². The number of para-hydroxylation sites is 1. The zero-order valence-corrected chi connectivity index (χ0v) is 14.7. The number of nitrogens with zero attached hydrogens (tertiary/aromatic N) is 2. The van der Waals surface area contributed by atoms with Gasteiger partial charge in [-0.25, -0.2) is 4.99 Å². The zero-order valence-electron chi connectivity index (χ0n) is 13.9. The fourth-order valence-electron chi connectivity index (χ4n) is 2.35. The Kier molecular flexibility index (Phi) is 5.36. The molecule has 0 radical (unpaired) electrons. The van der Waals surface area contributed by atoms with Gasteiger partial charge in [-0.3, -0.25) is 9.69 Å². The molecule has 1 aliphatic rings. The summed E-state index contributed by atoms with van der Waals surface area (Å²) in [5, 5.41) is 0.663. The fourth-order valence-corrected chi connectivity index (χ4v) is 3.35. The first kappa shape index (κ1) is 17.0. The second-order valence-corrected chi connectivity index (χ2v) is 6.33. The van der Waals surface area contributed by atoms with Crippen molar-refractivity contribution >= 4 is 34.6 Å². The van der Waals surface area contributed by atoms with Crippen LogP contribution in [0.1, 0.15) is 5.56 Å². The van der Waals surface area contributed by atoms with Gasteiger partial charge in [0, 0.05) is 6.54 Å². The molecule has 0 aliphatic carbocycles. The van der Waals surface area contributed by atoms with E-state index < -0.39 is 0 Å². The largest absolute Gasteiger partial charge is 0.497 e. The topological polar surface area (TPSA) is 41.9 Å². The fraction of sp³-hybridized carbons (Fsp3) is 0.100. The Morgan fingerprint density at radius 1 is 1.16 bits per heavy atom. The molecule has 3 rings (SSSR count). The highest BCUT2D eigenvalue weighted by atomic mass is 32.2. The maximum absolute atomic E-state index is 12.7. The predicted molar refractivity (Wildman–Crippen MR) is 104 cm³/mol. The molecule has 1 fully saturated rings. The first-order valence-corrected chi connectivity index (χ1v) is 8.63. The Morgan fingerprint density at radius 2 is 1.88 bits per heavy atom. The van der Waals surface area contributed by atoms with E-state index in [4.69, 9.17) is 4.74 Å². The summed E-state index contributed by atoms with van der Waals surface area (Å²) in [7, 11) is 1.63. The second kappa shape index (κ2) is 7.85. The van der Waals surface area contributed by atoms with Crippen LogP contribution in [0.25, 0.3) is 6.08 Å². The first-order chi connectivity index (χ1) is 12.2. The smallest absolute Gasteiger partial charge is 0.267 e. The van der Waals surface area contributed by atoms with Gasteiger partial charge in [0.15, 0.2) is 5.17 Å². The molecule has 0 spiro atoms. The van der Waals surface area contributed by atoms with Gasteiger partial charge in [0.2, 0.25) is 0 Å². The molecular weight excluding hydrogens is 332 g/mol. The minimum absolute atomic E-state index is 0.0598. The third kappa shape index (κ3) is 4.00. The number of methoxy groups -OCH3 is 1. The van der Waals surface area contributed by atoms with E-state index in [-0.39, 0.29) is 5.91 Å². The Morgan fingerprint density at radius 3 is 2.52 bits per heavy atom. The molecule has 0 unspecified atom stereocenters. The van der Waals surface area contributed by atoms with Crippen molar-refractivity contribution in [1.82, 2.24) is 4.90 Å². The number of ether oxygens (including phenoxy) is 1. The van der Waals surface area contributed by atoms with Gasteiger partial charge in [0.1, 0.15) is 5.75 Å². The summed E-state index contributed by atoms with van der Waals surface area (Å²) in [5.74, 6) is 0.725. The molecule has 4 nitrogen and oxygen atoms in total. The summed E-state index contributed by atoms with van der Waals surface area (Å²) >= 11 is 1.37. The summed E-state index contributed by atoms with van der Waals surface area (Å²) < 4.78 is 5.16. The molecule has 0 atom stereocenters. The lowest BCUT2D eigenvalue weighted by Gasteiger charge is -2.12. The van der Waals surface area contributed by atoms with Crippen molar-refractivity contribution in [3.05, 3.63) is 77.7 Å². The number of rotatable bonds is 5. The molecule has 0 saturated carbocycles. The Balaban J connectivity index is 1.91. The monoisotopic (exact) mass is 350 g/mol. The van der Waals surface area contributed by atoms with E-state index in [1.807, 2.05) is 60.7 Å². The van der Waals surface area contributed by atoms with Gasteiger partial charge >= 0.3 is 0 Å². The summed E-state index contributed by atoms with van der Waals surface area (Å²) in [6.45, 7) is 4.16. The number of amides is 1. The minimum Gasteiger partial charge on any atom is -0.497 e. The molecular formula is C20H18N2O2S. The maximum Gasteiger partial charge on any atom is 0.267 e. The van der Waals surface area contributed by atoms with Crippen LogP contribution >= 0.6 is 11.8 Å². The van der Waals surface area contributed by atoms with E-state index in [1.54, 1.807) is 18.1 Å². The highest BCUT2D eigenvalue weighted by molar-refractivity contribution is 8.18. The summed E-state index contributed by atoms with van der Waals surface area (Å²) in [6.07, 6.45) is 3.57. The van der Waals surface area contributed by atoms with Crippen LogP contribution in [0.2, 0.25) is 0 Å². The van der Waals surface area contributed by atoms with Crippen molar-refractivity contribution in [1.29, 1.82) is 0 Å². The summed E-state index contributed by atoms with van der Waals surface area (Å²) in [4.78, 5) is 19.6. The van der Waals surface area contributed by atoms with Gasteiger partial charge in [-0.15, -0.1) is 6.58 Å². The maximum atomic E-state index is 12.7. The van der Waals surface area contributed by atoms with Crippen molar-refractivity contribution in [2.45, 2.75) is 0 Å². The molecule has 0 N–H and O–H groups in total. The highest BCUT2D eigenvalue weighted by Gasteiger charge is 2.32. The van der Waals surface area contributed by atoms with Crippen LogP contribution in [-0.2, 0) is 4.79 Å². The summed E-state index contributed by atoms with van der Waals surface area (Å²) in [6, 6.07) is 17.2. The zero-order chi connectivity index (χ0) is 17.6. The molecule has 0 bridgehead atoms. The van der Waals surface area contributed by atoms with Crippen molar-refractivity contribution in [2.24, 2.45) is 4.99 Å². The quantitative estimate of drug-likeness (QED) is 0.589. The van der Waals surface area contributed by atoms with Crippen molar-refractivity contribution < 1.29 is 9.53 Å². The number of benzene rings is 2. The van der Waals surface area contributed by atoms with Crippen molar-refractivity contribution in [3.63, 3.8) is 0 Å². The predicted octanol–water partition coefficient (Wildman–Crippen LogP) is 4.49. The number of hydrogen-bond donors (Lipinski definition) is 0. The number of hydrogen-bond acceptors (Lipinski definition) is 4. The molecule has 1 amide bonds. The average molecular weight is 350 g/mol. The number of carbonyl (C=O) groups is 1. The van der Waals surface area contributed by atoms with Crippen LogP contribution in [-0.4, -0.2) is 29.6 Å². The molecule has 1 heterocycles. The van der Waals surface area contributed by atoms with Crippen LogP contribution in [0.3, 0.4) is 0 Å². The molecule has 2 aromatic carbocycles. The Bertz CT molecular complexity index is 827. The Labute approximate surface area is 151 Å². The number of amidine groups is 1. The molecule has 126 valence electrons. The molecule has 1 aliphatic heterocycles. The SMILES string of the molecule is C=CCN1C(=O)/C(=C\c2ccc(OC)cc2)SC1=Nc1ccccc1. The van der Waals surface area contributed by atoms with E-state index in [2.05, 4.69) is 11.6 Å². The molecule has 2 aromatic rings. The lowest BCUT2D eigenvalue weighted by Crippen LogP contribution is -2.29. The van der Waals surface area contributed by atoms with E-state index in [1.165, 1.54) is 11.8 Å². The van der Waals surface area contributed by atoms with Gasteiger partial charge in [-0.05, 0) is 47.7 Å². The first-order valence-electron chi connectivity index (χ1n) is 7.81. The highest BCUT2D eigenvalue weighted by Crippen LogP contribution is 2.34. The molecule has 0 aromatic heterocycles. The second-order valence-electron chi connectivity index (χ2n) is 5.32. The van der Waals surface area contributed by atoms with E-state index in [0.717, 1.165) is 17.0 Å². The van der Waals surface area contributed by atoms with Crippen LogP contribution in [0.15, 0.2) is 77.1 Å². The normalized spacial score (nSPS) is 17.3. The Hall–Kier alpha value is -2.79. The number of aliphatic imine (C=N–C) groups is 1. The van der Waals surface area contributed by atoms with Gasteiger partial charge < -0.3 is 4.74 Å². The van der Waals surface area contributed by atoms with Crippen LogP contribution in [0.5, 0.6) is 5.75 Å². The lowest BCUT2D eigenvalue weighted by atomic mass is 10.2. The molecule has 25 heavy (non-hydrogen) atoms. The van der Waals surface area contributed by atoms with Crippen LogP contribution in [0.4, 0.5) is 5.69 Å². The third-order valence-electron chi connectivity index (χ3n) is 3.59. The molecule has 5 heteroatoms. The summed E-state index contributed by atoms with van der Waals surface area (Å²) in [5.41, 5.74) is 1.76. The average Bonchev–Trinajstić information content (AvgIpc) is 2.92. The molecule has 1 saturated heterocycles. The minimum atomic E-state index is -0.0598. The van der Waals surface area contributed by atoms with E-state index in [9.17, 15) is 4.79 Å². The van der Waals surface area contributed by atoms with Crippen LogP contribution in [0, 0.1) is 0 Å². The third-order valence-corrected chi connectivity index (χ3v) is 4.60. The number of thioether (sulfide) groups is 1. The lowest BCUT2D eigenvalue weighted by molar-refractivity contribution is -0.121. The van der Waals surface area contributed by atoms with E-state index in [0.29, 0.717) is 16.6 Å². The van der Waals surface area contributed by atoms with Crippen molar-refractivity contribution in [3.8, 4) is 5.75 Å². The van der Waals surface area contributed by atoms with Gasteiger partial charge in [-0.2, -0.15) is 0 Å². The number of carbonyl (C=O) groups excluding carboxylic acids is 1. The van der Waals surface area contributed by atoms with Crippen LogP contribution < -0.4 is 4.74 Å². The standard InChI is InChI=1S/C20H18N2O2S/c1-3-13-22-19(23)18(14-15-9-11-17(24-2)12-10-15)25-20(22)21-16-7-5-4-6-8-16/h3-12,14H,1,13H2,2H3/b18-14+,21-20?. The van der Waals surface area contributed by atoms with E-state index >= 15 is 0 Å².